The first kappa shape index (κ1) is 17.2. The van der Waals surface area contributed by atoms with E-state index in [1.165, 1.54) is 0 Å². The maximum Gasteiger partial charge on any atom is 0.233 e. The second-order valence-corrected chi connectivity index (χ2v) is 6.40. The summed E-state index contributed by atoms with van der Waals surface area (Å²) in [4.78, 5) is 23.7. The van der Waals surface area contributed by atoms with E-state index >= 15 is 0 Å². The largest absolute Gasteiger partial charge is 0.353 e. The SMILES string of the molecule is CCC(C)NC(=O)CC(=O)Nc1ccccc1C(C)(C)C. The van der Waals surface area contributed by atoms with Gasteiger partial charge in [-0.1, -0.05) is 45.9 Å². The molecule has 2 amide bonds. The van der Waals surface area contributed by atoms with Gasteiger partial charge in [-0.25, -0.2) is 0 Å². The Labute approximate surface area is 127 Å². The minimum atomic E-state index is -0.285. The number of amides is 2. The Bertz CT molecular complexity index is 504. The predicted molar refractivity (Wildman–Crippen MR) is 86.3 cm³/mol. The Morgan fingerprint density at radius 1 is 1.14 bits per heavy atom. The van der Waals surface area contributed by atoms with Crippen LogP contribution in [0.4, 0.5) is 5.69 Å². The van der Waals surface area contributed by atoms with Crippen LogP contribution in [-0.4, -0.2) is 17.9 Å². The van der Waals surface area contributed by atoms with Gasteiger partial charge in [-0.2, -0.15) is 0 Å². The molecule has 0 heterocycles. The molecule has 116 valence electrons. The average Bonchev–Trinajstić information content (AvgIpc) is 2.37. The van der Waals surface area contributed by atoms with Crippen molar-refractivity contribution in [3.8, 4) is 0 Å². The van der Waals surface area contributed by atoms with Crippen molar-refractivity contribution >= 4 is 17.5 Å². The zero-order valence-electron chi connectivity index (χ0n) is 13.6. The monoisotopic (exact) mass is 290 g/mol. The second kappa shape index (κ2) is 7.25. The standard InChI is InChI=1S/C17H26N2O2/c1-6-12(2)18-15(20)11-16(21)19-14-10-8-7-9-13(14)17(3,4)5/h7-10,12H,6,11H2,1-5H3,(H,18,20)(H,19,21). The van der Waals surface area contributed by atoms with Crippen LogP contribution in [0.1, 0.15) is 53.0 Å². The van der Waals surface area contributed by atoms with E-state index in [-0.39, 0.29) is 29.7 Å². The summed E-state index contributed by atoms with van der Waals surface area (Å²) in [7, 11) is 0. The van der Waals surface area contributed by atoms with Gasteiger partial charge in [0, 0.05) is 11.7 Å². The van der Waals surface area contributed by atoms with Crippen LogP contribution in [0.15, 0.2) is 24.3 Å². The van der Waals surface area contributed by atoms with Gasteiger partial charge < -0.3 is 10.6 Å². The fraction of sp³-hybridized carbons (Fsp3) is 0.529. The maximum atomic E-state index is 12.0. The third-order valence-corrected chi connectivity index (χ3v) is 3.35. The van der Waals surface area contributed by atoms with E-state index in [9.17, 15) is 9.59 Å². The molecule has 2 N–H and O–H groups in total. The number of rotatable bonds is 5. The Hall–Kier alpha value is -1.84. The van der Waals surface area contributed by atoms with Gasteiger partial charge in [-0.15, -0.1) is 0 Å². The first-order valence-electron chi connectivity index (χ1n) is 7.42. The molecule has 0 aliphatic carbocycles. The van der Waals surface area contributed by atoms with Crippen LogP contribution >= 0.6 is 0 Å². The van der Waals surface area contributed by atoms with Gasteiger partial charge in [0.05, 0.1) is 0 Å². The van der Waals surface area contributed by atoms with E-state index < -0.39 is 0 Å². The Kier molecular flexibility index (Phi) is 5.94. The van der Waals surface area contributed by atoms with Gasteiger partial charge >= 0.3 is 0 Å². The van der Waals surface area contributed by atoms with Crippen molar-refractivity contribution in [2.24, 2.45) is 0 Å². The first-order chi connectivity index (χ1) is 9.74. The first-order valence-corrected chi connectivity index (χ1v) is 7.42. The number of hydrogen-bond acceptors (Lipinski definition) is 2. The molecule has 4 nitrogen and oxygen atoms in total. The van der Waals surface area contributed by atoms with Gasteiger partial charge in [-0.3, -0.25) is 9.59 Å². The average molecular weight is 290 g/mol. The molecule has 0 aliphatic rings. The lowest BCUT2D eigenvalue weighted by atomic mass is 9.86. The molecule has 0 saturated heterocycles. The summed E-state index contributed by atoms with van der Waals surface area (Å²) in [5, 5.41) is 5.63. The number of carbonyl (C=O) groups excluding carboxylic acids is 2. The zero-order chi connectivity index (χ0) is 16.0. The van der Waals surface area contributed by atoms with E-state index in [1.807, 2.05) is 38.1 Å². The summed E-state index contributed by atoms with van der Waals surface area (Å²) in [6.07, 6.45) is 0.697. The Balaban J connectivity index is 2.70. The minimum Gasteiger partial charge on any atom is -0.353 e. The summed E-state index contributed by atoms with van der Waals surface area (Å²) >= 11 is 0. The molecule has 0 saturated carbocycles. The van der Waals surface area contributed by atoms with Crippen molar-refractivity contribution < 1.29 is 9.59 Å². The maximum absolute atomic E-state index is 12.0. The number of anilines is 1. The van der Waals surface area contributed by atoms with Crippen LogP contribution in [0, 0.1) is 0 Å². The van der Waals surface area contributed by atoms with Crippen molar-refractivity contribution in [3.63, 3.8) is 0 Å². The van der Waals surface area contributed by atoms with Gasteiger partial charge in [0.1, 0.15) is 6.42 Å². The molecule has 1 rings (SSSR count). The molecule has 21 heavy (non-hydrogen) atoms. The van der Waals surface area contributed by atoms with Gasteiger partial charge in [-0.05, 0) is 30.4 Å². The highest BCUT2D eigenvalue weighted by Gasteiger charge is 2.19. The number of carbonyl (C=O) groups is 2. The number of nitrogens with one attached hydrogen (secondary N) is 2. The molecule has 4 heteroatoms. The molecular formula is C17H26N2O2. The van der Waals surface area contributed by atoms with E-state index in [1.54, 1.807) is 0 Å². The fourth-order valence-corrected chi connectivity index (χ4v) is 2.01. The molecule has 0 spiro atoms. The lowest BCUT2D eigenvalue weighted by Gasteiger charge is -2.23. The van der Waals surface area contributed by atoms with E-state index in [0.29, 0.717) is 0 Å². The summed E-state index contributed by atoms with van der Waals surface area (Å²) < 4.78 is 0. The van der Waals surface area contributed by atoms with Crippen LogP contribution in [0.5, 0.6) is 0 Å². The van der Waals surface area contributed by atoms with Crippen LogP contribution in [-0.2, 0) is 15.0 Å². The molecule has 1 unspecified atom stereocenters. The molecule has 1 atom stereocenters. The Morgan fingerprint density at radius 3 is 2.33 bits per heavy atom. The molecule has 0 radical (unpaired) electrons. The minimum absolute atomic E-state index is 0.0666. The number of hydrogen-bond donors (Lipinski definition) is 2. The van der Waals surface area contributed by atoms with Crippen LogP contribution in [0.2, 0.25) is 0 Å². The van der Waals surface area contributed by atoms with Crippen molar-refractivity contribution in [1.29, 1.82) is 0 Å². The zero-order valence-corrected chi connectivity index (χ0v) is 13.6. The predicted octanol–water partition coefficient (Wildman–Crippen LogP) is 3.23. The Morgan fingerprint density at radius 2 is 1.76 bits per heavy atom. The molecule has 1 aromatic carbocycles. The van der Waals surface area contributed by atoms with E-state index in [0.717, 1.165) is 17.7 Å². The lowest BCUT2D eigenvalue weighted by molar-refractivity contribution is -0.127. The van der Waals surface area contributed by atoms with Gasteiger partial charge in [0.2, 0.25) is 11.8 Å². The summed E-state index contributed by atoms with van der Waals surface area (Å²) in [5.41, 5.74) is 1.76. The third-order valence-electron chi connectivity index (χ3n) is 3.35. The quantitative estimate of drug-likeness (QED) is 0.818. The molecule has 0 aliphatic heterocycles. The topological polar surface area (TPSA) is 58.2 Å². The molecule has 0 bridgehead atoms. The van der Waals surface area contributed by atoms with Crippen LogP contribution < -0.4 is 10.6 Å². The number of para-hydroxylation sites is 1. The highest BCUT2D eigenvalue weighted by Crippen LogP contribution is 2.29. The van der Waals surface area contributed by atoms with Gasteiger partial charge in [0.25, 0.3) is 0 Å². The van der Waals surface area contributed by atoms with E-state index in [2.05, 4.69) is 31.4 Å². The van der Waals surface area contributed by atoms with Crippen LogP contribution in [0.25, 0.3) is 0 Å². The fourth-order valence-electron chi connectivity index (χ4n) is 2.01. The second-order valence-electron chi connectivity index (χ2n) is 6.40. The summed E-state index contributed by atoms with van der Waals surface area (Å²) in [5.74, 6) is -0.525. The smallest absolute Gasteiger partial charge is 0.233 e. The van der Waals surface area contributed by atoms with E-state index in [4.69, 9.17) is 0 Å². The van der Waals surface area contributed by atoms with Gasteiger partial charge in [0.15, 0.2) is 0 Å². The molecule has 0 aromatic heterocycles. The van der Waals surface area contributed by atoms with Crippen molar-refractivity contribution in [3.05, 3.63) is 29.8 Å². The molecule has 0 fully saturated rings. The highest BCUT2D eigenvalue weighted by atomic mass is 16.2. The van der Waals surface area contributed by atoms with Crippen molar-refractivity contribution in [1.82, 2.24) is 5.32 Å². The summed E-state index contributed by atoms with van der Waals surface area (Å²) in [6.45, 7) is 10.2. The van der Waals surface area contributed by atoms with Crippen molar-refractivity contribution in [2.75, 3.05) is 5.32 Å². The normalized spacial score (nSPS) is 12.6. The molecule has 1 aromatic rings. The van der Waals surface area contributed by atoms with Crippen LogP contribution in [0.3, 0.4) is 0 Å². The number of benzene rings is 1. The molecular weight excluding hydrogens is 264 g/mol. The summed E-state index contributed by atoms with van der Waals surface area (Å²) in [6, 6.07) is 7.78. The highest BCUT2D eigenvalue weighted by molar-refractivity contribution is 6.04. The third kappa shape index (κ3) is 5.58. The van der Waals surface area contributed by atoms with Crippen molar-refractivity contribution in [2.45, 2.75) is 58.9 Å². The lowest BCUT2D eigenvalue weighted by Crippen LogP contribution is -2.34.